The molecule has 3 aliphatic rings. The zero-order valence-electron chi connectivity index (χ0n) is 22.7. The molecule has 0 aromatic heterocycles. The maximum absolute atomic E-state index is 5.03. The first-order valence-corrected chi connectivity index (χ1v) is 13.6. The molecule has 34 heavy (non-hydrogen) atoms. The topological polar surface area (TPSA) is 36.4 Å². The Hall–Kier alpha value is -1.35. The van der Waals surface area contributed by atoms with Gasteiger partial charge in [0.1, 0.15) is 0 Å². The van der Waals surface area contributed by atoms with Gasteiger partial charge in [-0.05, 0) is 107 Å². The molecule has 0 radical (unpaired) electrons. The van der Waals surface area contributed by atoms with E-state index in [1.54, 1.807) is 11.8 Å². The SMILES string of the molecule is C.C=C/C=C1/CCC2C(CCC3(C)C(C(C)=NCCCNC)CCC23)C1(C)CCC.C=CNC. The summed E-state index contributed by atoms with van der Waals surface area (Å²) in [6.07, 6.45) is 18.1. The first-order chi connectivity index (χ1) is 15.8. The number of rotatable bonds is 9. The second-order valence-corrected chi connectivity index (χ2v) is 11.2. The van der Waals surface area contributed by atoms with Crippen LogP contribution in [0.25, 0.3) is 0 Å². The minimum Gasteiger partial charge on any atom is -0.394 e. The van der Waals surface area contributed by atoms with Gasteiger partial charge >= 0.3 is 0 Å². The Balaban J connectivity index is 0.00000107. The number of nitrogens with one attached hydrogen (secondary N) is 2. The van der Waals surface area contributed by atoms with Crippen LogP contribution in [0, 0.1) is 34.5 Å². The zero-order chi connectivity index (χ0) is 24.5. The minimum absolute atomic E-state index is 0. The van der Waals surface area contributed by atoms with E-state index in [2.05, 4.69) is 57.6 Å². The van der Waals surface area contributed by atoms with Crippen LogP contribution in [-0.2, 0) is 0 Å². The number of fused-ring (bicyclic) bond motifs is 3. The molecule has 6 atom stereocenters. The second kappa shape index (κ2) is 14.3. The van der Waals surface area contributed by atoms with Crippen LogP contribution in [0.1, 0.15) is 92.9 Å². The van der Waals surface area contributed by atoms with Crippen LogP contribution in [0.5, 0.6) is 0 Å². The predicted molar refractivity (Wildman–Crippen MR) is 154 cm³/mol. The molecule has 0 aliphatic heterocycles. The summed E-state index contributed by atoms with van der Waals surface area (Å²) in [7, 11) is 3.84. The van der Waals surface area contributed by atoms with Crippen molar-refractivity contribution < 1.29 is 0 Å². The van der Waals surface area contributed by atoms with Crippen molar-refractivity contribution in [3.8, 4) is 0 Å². The first kappa shape index (κ1) is 30.7. The van der Waals surface area contributed by atoms with Gasteiger partial charge in [-0.3, -0.25) is 4.99 Å². The highest BCUT2D eigenvalue weighted by molar-refractivity contribution is 5.85. The van der Waals surface area contributed by atoms with Crippen molar-refractivity contribution in [3.05, 3.63) is 37.1 Å². The summed E-state index contributed by atoms with van der Waals surface area (Å²) >= 11 is 0. The quantitative estimate of drug-likeness (QED) is 0.266. The van der Waals surface area contributed by atoms with Crippen LogP contribution in [0.2, 0.25) is 0 Å². The van der Waals surface area contributed by atoms with E-state index < -0.39 is 0 Å². The van der Waals surface area contributed by atoms with E-state index in [1.807, 2.05) is 20.2 Å². The van der Waals surface area contributed by atoms with Crippen molar-refractivity contribution in [2.75, 3.05) is 27.2 Å². The average Bonchev–Trinajstić information content (AvgIpc) is 3.16. The molecule has 3 rings (SSSR count). The fourth-order valence-corrected chi connectivity index (χ4v) is 7.92. The molecule has 3 nitrogen and oxygen atoms in total. The lowest BCUT2D eigenvalue weighted by Crippen LogP contribution is -2.50. The lowest BCUT2D eigenvalue weighted by Gasteiger charge is -2.57. The molecule has 0 aromatic rings. The zero-order valence-corrected chi connectivity index (χ0v) is 22.7. The highest BCUT2D eigenvalue weighted by Gasteiger charge is 2.58. The second-order valence-electron chi connectivity index (χ2n) is 11.2. The number of aliphatic imine (C=N–C) groups is 1. The Bertz CT molecular complexity index is 693. The molecule has 196 valence electrons. The van der Waals surface area contributed by atoms with Crippen LogP contribution in [0.3, 0.4) is 0 Å². The lowest BCUT2D eigenvalue weighted by molar-refractivity contribution is -0.0408. The van der Waals surface area contributed by atoms with Crippen LogP contribution < -0.4 is 10.6 Å². The molecule has 0 spiro atoms. The van der Waals surface area contributed by atoms with Crippen molar-refractivity contribution in [2.45, 2.75) is 92.9 Å². The molecule has 3 aliphatic carbocycles. The van der Waals surface area contributed by atoms with Crippen LogP contribution in [0.15, 0.2) is 42.1 Å². The fourth-order valence-electron chi connectivity index (χ4n) is 7.92. The maximum Gasteiger partial charge on any atom is 0.0400 e. The summed E-state index contributed by atoms with van der Waals surface area (Å²) in [5.41, 5.74) is 4.01. The van der Waals surface area contributed by atoms with Gasteiger partial charge in [-0.15, -0.1) is 0 Å². The maximum atomic E-state index is 5.03. The van der Waals surface area contributed by atoms with Gasteiger partial charge in [0.15, 0.2) is 0 Å². The van der Waals surface area contributed by atoms with Gasteiger partial charge in [0.05, 0.1) is 0 Å². The Morgan fingerprint density at radius 1 is 1.12 bits per heavy atom. The smallest absolute Gasteiger partial charge is 0.0400 e. The largest absolute Gasteiger partial charge is 0.394 e. The number of allylic oxidation sites excluding steroid dienone is 3. The van der Waals surface area contributed by atoms with E-state index in [0.717, 1.165) is 37.3 Å². The standard InChI is InChI=1S/C27H46N2.C3H7N.CH4/c1-7-10-21-11-12-22-24-14-13-23(20(3)29-19-9-18-28-6)27(24,5)17-15-25(22)26(21,4)16-8-2;1-3-4-2;/h7,10,22-25,28H,1,8-9,11-19H2,2-6H3;3-4H,1H2,2H3;1H4/b21-10-,29-20?;;. The normalized spacial score (nSPS) is 35.8. The molecule has 3 saturated carbocycles. The minimum atomic E-state index is 0. The van der Waals surface area contributed by atoms with Gasteiger partial charge in [0.2, 0.25) is 0 Å². The van der Waals surface area contributed by atoms with Crippen molar-refractivity contribution in [2.24, 2.45) is 39.5 Å². The van der Waals surface area contributed by atoms with Gasteiger partial charge in [0.25, 0.3) is 0 Å². The van der Waals surface area contributed by atoms with Crippen LogP contribution >= 0.6 is 0 Å². The highest BCUT2D eigenvalue weighted by atomic mass is 14.8. The van der Waals surface area contributed by atoms with E-state index in [4.69, 9.17) is 4.99 Å². The van der Waals surface area contributed by atoms with Crippen molar-refractivity contribution in [1.82, 2.24) is 10.6 Å². The summed E-state index contributed by atoms with van der Waals surface area (Å²) in [6, 6.07) is 0. The summed E-state index contributed by atoms with van der Waals surface area (Å²) < 4.78 is 0. The Kier molecular flexibility index (Phi) is 12.9. The predicted octanol–water partition coefficient (Wildman–Crippen LogP) is 7.81. The molecular weight excluding hydrogens is 414 g/mol. The highest BCUT2D eigenvalue weighted by Crippen LogP contribution is 2.66. The fraction of sp³-hybridized carbons (Fsp3) is 0.774. The molecular formula is C31H57N3. The third-order valence-corrected chi connectivity index (χ3v) is 9.48. The Morgan fingerprint density at radius 2 is 1.82 bits per heavy atom. The third kappa shape index (κ3) is 6.45. The summed E-state index contributed by atoms with van der Waals surface area (Å²) in [4.78, 5) is 5.03. The number of nitrogens with zero attached hydrogens (tertiary/aromatic N) is 1. The molecule has 2 N–H and O–H groups in total. The summed E-state index contributed by atoms with van der Waals surface area (Å²) in [5, 5.41) is 5.94. The van der Waals surface area contributed by atoms with Gasteiger partial charge in [0, 0.05) is 25.2 Å². The van der Waals surface area contributed by atoms with Crippen molar-refractivity contribution >= 4 is 5.71 Å². The third-order valence-electron chi connectivity index (χ3n) is 9.48. The molecule has 0 heterocycles. The van der Waals surface area contributed by atoms with Gasteiger partial charge in [-0.1, -0.05) is 65.5 Å². The molecule has 0 amide bonds. The van der Waals surface area contributed by atoms with Gasteiger partial charge in [-0.2, -0.15) is 0 Å². The first-order valence-electron chi connectivity index (χ1n) is 13.6. The van der Waals surface area contributed by atoms with E-state index in [1.165, 1.54) is 57.1 Å². The van der Waals surface area contributed by atoms with E-state index in [-0.39, 0.29) is 7.43 Å². The van der Waals surface area contributed by atoms with Gasteiger partial charge in [-0.25, -0.2) is 0 Å². The molecule has 0 saturated heterocycles. The summed E-state index contributed by atoms with van der Waals surface area (Å²) in [5.74, 6) is 3.39. The monoisotopic (exact) mass is 471 g/mol. The van der Waals surface area contributed by atoms with Crippen molar-refractivity contribution in [1.29, 1.82) is 0 Å². The molecule has 3 fully saturated rings. The van der Waals surface area contributed by atoms with E-state index >= 15 is 0 Å². The number of hydrogen-bond donors (Lipinski definition) is 2. The molecule has 0 aromatic carbocycles. The molecule has 3 heteroatoms. The van der Waals surface area contributed by atoms with Gasteiger partial charge < -0.3 is 10.6 Å². The Morgan fingerprint density at radius 3 is 2.41 bits per heavy atom. The average molecular weight is 472 g/mol. The van der Waals surface area contributed by atoms with Crippen LogP contribution in [0.4, 0.5) is 0 Å². The Labute approximate surface area is 213 Å². The molecule has 0 bridgehead atoms. The number of hydrogen-bond acceptors (Lipinski definition) is 3. The van der Waals surface area contributed by atoms with Crippen molar-refractivity contribution in [3.63, 3.8) is 0 Å². The summed E-state index contributed by atoms with van der Waals surface area (Å²) in [6.45, 7) is 19.4. The van der Waals surface area contributed by atoms with E-state index in [9.17, 15) is 0 Å². The van der Waals surface area contributed by atoms with Crippen LogP contribution in [-0.4, -0.2) is 32.9 Å². The lowest BCUT2D eigenvalue weighted by atomic mass is 9.47. The van der Waals surface area contributed by atoms with E-state index in [0.29, 0.717) is 16.7 Å². The molecule has 6 unspecified atom stereocenters.